The molecule has 0 bridgehead atoms. The summed E-state index contributed by atoms with van der Waals surface area (Å²) in [5, 5.41) is 2.83. The molecule has 0 atom stereocenters. The molecule has 0 saturated carbocycles. The van der Waals surface area contributed by atoms with Gasteiger partial charge in [-0.25, -0.2) is 0 Å². The van der Waals surface area contributed by atoms with Crippen LogP contribution in [-0.4, -0.2) is 36.9 Å². The molecule has 1 aliphatic rings. The number of rotatable bonds is 4. The summed E-state index contributed by atoms with van der Waals surface area (Å²) in [4.78, 5) is 27.2. The number of carbonyl (C=O) groups is 2. The molecule has 0 radical (unpaired) electrons. The second-order valence-electron chi connectivity index (χ2n) is 6.51. The largest absolute Gasteiger partial charge is 0.497 e. The first-order valence-corrected chi connectivity index (χ1v) is 8.20. The highest BCUT2D eigenvalue weighted by atomic mass is 16.5. The molecule has 0 aliphatic carbocycles. The van der Waals surface area contributed by atoms with Crippen molar-refractivity contribution in [3.8, 4) is 5.75 Å². The molecule has 2 rings (SSSR count). The van der Waals surface area contributed by atoms with E-state index in [1.807, 2.05) is 4.90 Å². The third-order valence-electron chi connectivity index (χ3n) is 4.34. The van der Waals surface area contributed by atoms with Gasteiger partial charge in [0.05, 0.1) is 7.11 Å². The van der Waals surface area contributed by atoms with Crippen molar-refractivity contribution < 1.29 is 14.3 Å². The number of hydrogen-bond donors (Lipinski definition) is 1. The van der Waals surface area contributed by atoms with Crippen LogP contribution in [0.3, 0.4) is 0 Å². The van der Waals surface area contributed by atoms with Crippen molar-refractivity contribution in [1.82, 2.24) is 4.90 Å². The zero-order valence-corrected chi connectivity index (χ0v) is 14.2. The van der Waals surface area contributed by atoms with Crippen molar-refractivity contribution >= 4 is 17.5 Å². The molecule has 1 fully saturated rings. The molecule has 1 aliphatic heterocycles. The van der Waals surface area contributed by atoms with Crippen LogP contribution in [0, 0.1) is 5.41 Å². The number of anilines is 1. The molecule has 1 aromatic carbocycles. The third kappa shape index (κ3) is 4.24. The van der Waals surface area contributed by atoms with Gasteiger partial charge in [-0.2, -0.15) is 0 Å². The Hall–Kier alpha value is -2.04. The Morgan fingerprint density at radius 1 is 1.04 bits per heavy atom. The Bertz CT molecular complexity index is 544. The first-order chi connectivity index (χ1) is 10.9. The molecule has 5 nitrogen and oxygen atoms in total. The number of hydrogen-bond acceptors (Lipinski definition) is 3. The topological polar surface area (TPSA) is 58.6 Å². The fraction of sp³-hybridized carbons (Fsp3) is 0.556. The van der Waals surface area contributed by atoms with Crippen LogP contribution in [0.5, 0.6) is 5.75 Å². The van der Waals surface area contributed by atoms with Crippen molar-refractivity contribution in [3.05, 3.63) is 24.3 Å². The fourth-order valence-electron chi connectivity index (χ4n) is 2.73. The highest BCUT2D eigenvalue weighted by molar-refractivity contribution is 6.09. The summed E-state index contributed by atoms with van der Waals surface area (Å²) >= 11 is 0. The van der Waals surface area contributed by atoms with Gasteiger partial charge < -0.3 is 15.0 Å². The van der Waals surface area contributed by atoms with Crippen LogP contribution in [0.2, 0.25) is 0 Å². The number of likely N-dealkylation sites (tertiary alicyclic amines) is 1. The molecular weight excluding hydrogens is 292 g/mol. The lowest BCUT2D eigenvalue weighted by atomic mass is 9.90. The summed E-state index contributed by atoms with van der Waals surface area (Å²) in [6, 6.07) is 7.09. The van der Waals surface area contributed by atoms with E-state index in [0.717, 1.165) is 44.5 Å². The van der Waals surface area contributed by atoms with Crippen molar-refractivity contribution in [2.75, 3.05) is 25.5 Å². The third-order valence-corrected chi connectivity index (χ3v) is 4.34. The van der Waals surface area contributed by atoms with Crippen LogP contribution < -0.4 is 10.1 Å². The molecule has 0 unspecified atom stereocenters. The van der Waals surface area contributed by atoms with Gasteiger partial charge in [0, 0.05) is 18.8 Å². The second kappa shape index (κ2) is 7.49. The van der Waals surface area contributed by atoms with Gasteiger partial charge in [0.15, 0.2) is 0 Å². The monoisotopic (exact) mass is 318 g/mol. The highest BCUT2D eigenvalue weighted by Gasteiger charge is 2.39. The van der Waals surface area contributed by atoms with E-state index in [1.54, 1.807) is 45.2 Å². The van der Waals surface area contributed by atoms with Crippen LogP contribution >= 0.6 is 0 Å². The molecule has 1 N–H and O–H groups in total. The summed E-state index contributed by atoms with van der Waals surface area (Å²) in [6.07, 6.45) is 4.34. The summed E-state index contributed by atoms with van der Waals surface area (Å²) in [7, 11) is 1.59. The van der Waals surface area contributed by atoms with Crippen LogP contribution in [0.15, 0.2) is 24.3 Å². The van der Waals surface area contributed by atoms with Gasteiger partial charge >= 0.3 is 0 Å². The highest BCUT2D eigenvalue weighted by Crippen LogP contribution is 2.24. The lowest BCUT2D eigenvalue weighted by molar-refractivity contribution is -0.146. The van der Waals surface area contributed by atoms with Crippen LogP contribution in [-0.2, 0) is 9.59 Å². The lowest BCUT2D eigenvalue weighted by Crippen LogP contribution is -2.47. The van der Waals surface area contributed by atoms with Gasteiger partial charge in [-0.1, -0.05) is 12.8 Å². The summed E-state index contributed by atoms with van der Waals surface area (Å²) < 4.78 is 5.10. The van der Waals surface area contributed by atoms with E-state index >= 15 is 0 Å². The number of ether oxygens (including phenoxy) is 1. The maximum Gasteiger partial charge on any atom is 0.239 e. The first-order valence-electron chi connectivity index (χ1n) is 8.20. The summed E-state index contributed by atoms with van der Waals surface area (Å²) in [6.45, 7) is 4.88. The predicted octanol–water partition coefficient (Wildman–Crippen LogP) is 3.06. The smallest absolute Gasteiger partial charge is 0.239 e. The predicted molar refractivity (Wildman–Crippen MR) is 90.5 cm³/mol. The average Bonchev–Trinajstić information content (AvgIpc) is 2.84. The van der Waals surface area contributed by atoms with E-state index in [9.17, 15) is 9.59 Å². The zero-order chi connectivity index (χ0) is 16.9. The zero-order valence-electron chi connectivity index (χ0n) is 14.2. The summed E-state index contributed by atoms with van der Waals surface area (Å²) in [5.74, 6) is 0.352. The second-order valence-corrected chi connectivity index (χ2v) is 6.51. The summed E-state index contributed by atoms with van der Waals surface area (Å²) in [5.41, 5.74) is -0.419. The molecule has 1 saturated heterocycles. The Morgan fingerprint density at radius 2 is 1.61 bits per heavy atom. The van der Waals surface area contributed by atoms with Gasteiger partial charge in [-0.3, -0.25) is 9.59 Å². The maximum atomic E-state index is 12.7. The van der Waals surface area contributed by atoms with Gasteiger partial charge in [-0.15, -0.1) is 0 Å². The van der Waals surface area contributed by atoms with Gasteiger partial charge in [-0.05, 0) is 51.0 Å². The van der Waals surface area contributed by atoms with Crippen molar-refractivity contribution in [2.45, 2.75) is 39.5 Å². The molecule has 0 spiro atoms. The number of nitrogens with zero attached hydrogens (tertiary/aromatic N) is 1. The molecule has 5 heteroatoms. The van der Waals surface area contributed by atoms with Gasteiger partial charge in [0.1, 0.15) is 11.2 Å². The minimum absolute atomic E-state index is 0.0922. The van der Waals surface area contributed by atoms with Crippen molar-refractivity contribution in [2.24, 2.45) is 5.41 Å². The molecule has 2 amide bonds. The van der Waals surface area contributed by atoms with Gasteiger partial charge in [0.2, 0.25) is 11.8 Å². The standard InChI is InChI=1S/C18H26N2O3/c1-18(2,17(22)20-12-6-4-5-7-13-20)16(21)19-14-8-10-15(23-3)11-9-14/h8-11H,4-7,12-13H2,1-3H3,(H,19,21). The number of nitrogens with one attached hydrogen (secondary N) is 1. The van der Waals surface area contributed by atoms with E-state index in [1.165, 1.54) is 0 Å². The molecule has 23 heavy (non-hydrogen) atoms. The van der Waals surface area contributed by atoms with Crippen LogP contribution in [0.4, 0.5) is 5.69 Å². The number of carbonyl (C=O) groups excluding carboxylic acids is 2. The Balaban J connectivity index is 2.04. The lowest BCUT2D eigenvalue weighted by Gasteiger charge is -2.30. The van der Waals surface area contributed by atoms with Gasteiger partial charge in [0.25, 0.3) is 0 Å². The van der Waals surface area contributed by atoms with E-state index in [-0.39, 0.29) is 11.8 Å². The molecule has 1 aromatic rings. The van der Waals surface area contributed by atoms with E-state index < -0.39 is 5.41 Å². The van der Waals surface area contributed by atoms with E-state index in [4.69, 9.17) is 4.74 Å². The van der Waals surface area contributed by atoms with E-state index in [0.29, 0.717) is 5.69 Å². The quantitative estimate of drug-likeness (QED) is 0.868. The maximum absolute atomic E-state index is 12.7. The fourth-order valence-corrected chi connectivity index (χ4v) is 2.73. The molecule has 126 valence electrons. The first kappa shape index (κ1) is 17.3. The average molecular weight is 318 g/mol. The Morgan fingerprint density at radius 3 is 2.13 bits per heavy atom. The van der Waals surface area contributed by atoms with Crippen molar-refractivity contribution in [3.63, 3.8) is 0 Å². The minimum Gasteiger partial charge on any atom is -0.497 e. The molecular formula is C18H26N2O3. The Labute approximate surface area is 138 Å². The number of methoxy groups -OCH3 is 1. The minimum atomic E-state index is -1.08. The number of amides is 2. The van der Waals surface area contributed by atoms with Crippen molar-refractivity contribution in [1.29, 1.82) is 0 Å². The Kier molecular flexibility index (Phi) is 5.64. The SMILES string of the molecule is COc1ccc(NC(=O)C(C)(C)C(=O)N2CCCCCC2)cc1. The number of benzene rings is 1. The normalized spacial score (nSPS) is 15.7. The van der Waals surface area contributed by atoms with Crippen LogP contribution in [0.1, 0.15) is 39.5 Å². The van der Waals surface area contributed by atoms with Crippen LogP contribution in [0.25, 0.3) is 0 Å². The molecule has 1 heterocycles. The molecule has 0 aromatic heterocycles. The van der Waals surface area contributed by atoms with E-state index in [2.05, 4.69) is 5.32 Å².